The fraction of sp³-hybridized carbons (Fsp3) is 0.425. The van der Waals surface area contributed by atoms with Gasteiger partial charge < -0.3 is 58.9 Å². The van der Waals surface area contributed by atoms with Crippen LogP contribution in [0.25, 0.3) is 10.8 Å². The van der Waals surface area contributed by atoms with E-state index in [0.717, 1.165) is 10.8 Å². The van der Waals surface area contributed by atoms with Crippen molar-refractivity contribution < 1.29 is 43.4 Å². The zero-order chi connectivity index (χ0) is 42.8. The number of benzene rings is 3. The van der Waals surface area contributed by atoms with Gasteiger partial charge in [0, 0.05) is 25.9 Å². The van der Waals surface area contributed by atoms with Crippen LogP contribution in [0.1, 0.15) is 57.6 Å². The van der Waals surface area contributed by atoms with E-state index in [1.54, 1.807) is 30.3 Å². The van der Waals surface area contributed by atoms with Gasteiger partial charge in [-0.25, -0.2) is 14.4 Å². The van der Waals surface area contributed by atoms with Crippen molar-refractivity contribution in [1.82, 2.24) is 31.9 Å². The Morgan fingerprint density at radius 3 is 1.83 bits per heavy atom. The molecule has 3 aromatic carbocycles. The predicted molar refractivity (Wildman–Crippen MR) is 216 cm³/mol. The molecule has 3 aromatic rings. The Morgan fingerprint density at radius 2 is 1.22 bits per heavy atom. The van der Waals surface area contributed by atoms with Gasteiger partial charge in [-0.15, -0.1) is 0 Å². The number of ether oxygens (including phenoxy) is 1. The van der Waals surface area contributed by atoms with Crippen LogP contribution in [0.3, 0.4) is 0 Å². The lowest BCUT2D eigenvalue weighted by atomic mass is 10.0. The number of aliphatic carboxylic acids is 1. The average molecular weight is 806 g/mol. The van der Waals surface area contributed by atoms with E-state index < -0.39 is 78.0 Å². The maximum atomic E-state index is 13.8. The first-order valence-corrected chi connectivity index (χ1v) is 18.9. The summed E-state index contributed by atoms with van der Waals surface area (Å²) in [7, 11) is 0. The molecule has 0 aliphatic rings. The van der Waals surface area contributed by atoms with E-state index in [1.807, 2.05) is 57.2 Å². The number of nitrogens with two attached hydrogens (primary N) is 3. The number of rotatable bonds is 22. The molecule has 0 spiro atoms. The zero-order valence-corrected chi connectivity index (χ0v) is 33.0. The number of carbonyl (C=O) groups excluding carboxylic acids is 6. The van der Waals surface area contributed by atoms with Crippen molar-refractivity contribution in [3.8, 4) is 5.75 Å². The Morgan fingerprint density at radius 1 is 0.655 bits per heavy atom. The third kappa shape index (κ3) is 16.7. The lowest BCUT2D eigenvalue weighted by molar-refractivity contribution is -0.141. The normalized spacial score (nSPS) is 13.2. The quantitative estimate of drug-likeness (QED) is 0.0634. The molecule has 0 saturated carbocycles. The SMILES string of the molecule is CC(C)(C)Oc1ccc(C[C@@H](NC(=O)CNC(=O)[C@H](Cc2ccc3ccccc3c2)NC(=O)[C@H](CCCNC(N)=O)NC(=O)[C@@H](N)CCCNC(N)=O)C(=O)O)cc1. The number of nitrogens with one attached hydrogen (secondary N) is 6. The van der Waals surface area contributed by atoms with Crippen molar-refractivity contribution in [3.05, 3.63) is 77.9 Å². The van der Waals surface area contributed by atoms with Crippen LogP contribution in [0.2, 0.25) is 0 Å². The van der Waals surface area contributed by atoms with E-state index in [-0.39, 0.29) is 45.2 Å². The van der Waals surface area contributed by atoms with Gasteiger partial charge >= 0.3 is 18.0 Å². The number of hydrogen-bond acceptors (Lipinski definition) is 9. The Balaban J connectivity index is 1.75. The van der Waals surface area contributed by atoms with Gasteiger partial charge in [-0.1, -0.05) is 54.6 Å². The first kappa shape index (κ1) is 46.0. The molecular formula is C40H55N9O9. The van der Waals surface area contributed by atoms with Gasteiger partial charge in [-0.2, -0.15) is 0 Å². The van der Waals surface area contributed by atoms with E-state index in [9.17, 15) is 38.7 Å². The molecular weight excluding hydrogens is 750 g/mol. The highest BCUT2D eigenvalue weighted by molar-refractivity contribution is 5.95. The first-order chi connectivity index (χ1) is 27.4. The summed E-state index contributed by atoms with van der Waals surface area (Å²) in [6, 6.07) is 13.5. The van der Waals surface area contributed by atoms with Crippen LogP contribution in [0, 0.1) is 0 Å². The van der Waals surface area contributed by atoms with E-state index in [1.165, 1.54) is 0 Å². The Bertz CT molecular complexity index is 1900. The van der Waals surface area contributed by atoms with Crippen LogP contribution < -0.4 is 53.8 Å². The molecule has 0 fully saturated rings. The second kappa shape index (κ2) is 22.3. The summed E-state index contributed by atoms with van der Waals surface area (Å²) in [5, 5.41) is 26.8. The van der Waals surface area contributed by atoms with Crippen LogP contribution in [-0.4, -0.2) is 96.2 Å². The summed E-state index contributed by atoms with van der Waals surface area (Å²) < 4.78 is 5.81. The summed E-state index contributed by atoms with van der Waals surface area (Å²) in [6.45, 7) is 5.36. The molecule has 314 valence electrons. The van der Waals surface area contributed by atoms with Gasteiger partial charge in [0.1, 0.15) is 29.5 Å². The van der Waals surface area contributed by atoms with Gasteiger partial charge in [-0.05, 0) is 80.5 Å². The van der Waals surface area contributed by atoms with Crippen molar-refractivity contribution in [3.63, 3.8) is 0 Å². The summed E-state index contributed by atoms with van der Waals surface area (Å²) in [5.41, 5.74) is 17.2. The highest BCUT2D eigenvalue weighted by atomic mass is 16.5. The van der Waals surface area contributed by atoms with Crippen molar-refractivity contribution >= 4 is 52.4 Å². The predicted octanol–water partition coefficient (Wildman–Crippen LogP) is 0.682. The molecule has 18 nitrogen and oxygen atoms in total. The van der Waals surface area contributed by atoms with Crippen molar-refractivity contribution in [2.24, 2.45) is 17.2 Å². The topological polar surface area (TPSA) is 299 Å². The Kier molecular flexibility index (Phi) is 17.7. The Hall–Kier alpha value is -6.43. The number of carboxylic acids is 1. The maximum absolute atomic E-state index is 13.8. The molecule has 0 radical (unpaired) electrons. The number of amides is 8. The number of fused-ring (bicyclic) bond motifs is 1. The van der Waals surface area contributed by atoms with Crippen LogP contribution >= 0.6 is 0 Å². The van der Waals surface area contributed by atoms with E-state index >= 15 is 0 Å². The van der Waals surface area contributed by atoms with E-state index in [2.05, 4.69) is 31.9 Å². The summed E-state index contributed by atoms with van der Waals surface area (Å²) in [4.78, 5) is 87.9. The molecule has 3 rings (SSSR count). The van der Waals surface area contributed by atoms with Gasteiger partial charge in [0.15, 0.2) is 0 Å². The summed E-state index contributed by atoms with van der Waals surface area (Å²) >= 11 is 0. The molecule has 18 heteroatoms. The second-order valence-corrected chi connectivity index (χ2v) is 14.7. The monoisotopic (exact) mass is 805 g/mol. The molecule has 0 saturated heterocycles. The number of hydrogen-bond donors (Lipinski definition) is 10. The minimum Gasteiger partial charge on any atom is -0.488 e. The van der Waals surface area contributed by atoms with Crippen LogP contribution in [-0.2, 0) is 36.8 Å². The second-order valence-electron chi connectivity index (χ2n) is 14.7. The molecule has 0 aliphatic carbocycles. The van der Waals surface area contributed by atoms with Crippen molar-refractivity contribution in [2.45, 2.75) is 89.1 Å². The standard InChI is InChI=1S/C40H55N9O9/c1-40(2,3)58-28-16-13-24(14-17-28)21-32(37(54)55)47-33(50)23-46-35(52)31(22-25-12-15-26-8-4-5-9-27(26)20-25)49-36(53)30(11-7-19-45-39(43)57)48-34(51)29(41)10-6-18-44-38(42)56/h4-5,8-9,12-17,20,29-32H,6-7,10-11,18-19,21-23,41H2,1-3H3,(H,46,52)(H,47,50)(H,48,51)(H,49,53)(H,54,55)(H3,42,44,56)(H3,43,45,57)/t29-,30-,31-,32+/m0/s1. The third-order valence-corrected chi connectivity index (χ3v) is 8.66. The molecule has 4 atom stereocenters. The van der Waals surface area contributed by atoms with Gasteiger partial charge in [0.05, 0.1) is 12.6 Å². The van der Waals surface area contributed by atoms with Gasteiger partial charge in [0.2, 0.25) is 23.6 Å². The molecule has 13 N–H and O–H groups in total. The van der Waals surface area contributed by atoms with E-state index in [0.29, 0.717) is 23.3 Å². The summed E-state index contributed by atoms with van der Waals surface area (Å²) in [5.74, 6) is -3.63. The largest absolute Gasteiger partial charge is 0.488 e. The highest BCUT2D eigenvalue weighted by Gasteiger charge is 2.29. The minimum atomic E-state index is -1.31. The van der Waals surface area contributed by atoms with E-state index in [4.69, 9.17) is 21.9 Å². The first-order valence-electron chi connectivity index (χ1n) is 18.9. The molecule has 0 heterocycles. The molecule has 0 bridgehead atoms. The summed E-state index contributed by atoms with van der Waals surface area (Å²) in [6.07, 6.45) is 0.643. The third-order valence-electron chi connectivity index (χ3n) is 8.66. The van der Waals surface area contributed by atoms with Crippen LogP contribution in [0.15, 0.2) is 66.7 Å². The molecule has 58 heavy (non-hydrogen) atoms. The fourth-order valence-electron chi connectivity index (χ4n) is 5.83. The smallest absolute Gasteiger partial charge is 0.326 e. The average Bonchev–Trinajstić information content (AvgIpc) is 3.15. The number of carboxylic acid groups (broad SMARTS) is 1. The Labute approximate surface area is 336 Å². The molecule has 0 aromatic heterocycles. The highest BCUT2D eigenvalue weighted by Crippen LogP contribution is 2.20. The van der Waals surface area contributed by atoms with Gasteiger partial charge in [-0.3, -0.25) is 19.2 Å². The molecule has 0 unspecified atom stereocenters. The zero-order valence-electron chi connectivity index (χ0n) is 33.0. The minimum absolute atomic E-state index is 0.0173. The van der Waals surface area contributed by atoms with Gasteiger partial charge in [0.25, 0.3) is 0 Å². The number of primary amides is 2. The lowest BCUT2D eigenvalue weighted by Gasteiger charge is -2.25. The van der Waals surface area contributed by atoms with Crippen molar-refractivity contribution in [1.29, 1.82) is 0 Å². The van der Waals surface area contributed by atoms with Crippen LogP contribution in [0.5, 0.6) is 5.75 Å². The van der Waals surface area contributed by atoms with Crippen LogP contribution in [0.4, 0.5) is 9.59 Å². The molecule has 8 amide bonds. The number of urea groups is 2. The lowest BCUT2D eigenvalue weighted by Crippen LogP contribution is -2.57. The van der Waals surface area contributed by atoms with Crippen molar-refractivity contribution in [2.75, 3.05) is 19.6 Å². The molecule has 0 aliphatic heterocycles. The fourth-order valence-corrected chi connectivity index (χ4v) is 5.83. The number of carbonyl (C=O) groups is 7. The maximum Gasteiger partial charge on any atom is 0.326 e.